The Kier molecular flexibility index (Phi) is 5.14. The first kappa shape index (κ1) is 12.9. The van der Waals surface area contributed by atoms with Gasteiger partial charge in [0.15, 0.2) is 0 Å². The summed E-state index contributed by atoms with van der Waals surface area (Å²) in [5.74, 6) is -0.130. The molecule has 0 bridgehead atoms. The molecule has 5 nitrogen and oxygen atoms in total. The summed E-state index contributed by atoms with van der Waals surface area (Å²) in [7, 11) is 0. The lowest BCUT2D eigenvalue weighted by Gasteiger charge is -2.23. The zero-order valence-corrected chi connectivity index (χ0v) is 9.67. The lowest BCUT2D eigenvalue weighted by molar-refractivity contribution is 0.0924. The highest BCUT2D eigenvalue weighted by Crippen LogP contribution is 2.03. The number of halogens is 1. The lowest BCUT2D eigenvalue weighted by atomic mass is 10.1. The fraction of sp³-hybridized carbons (Fsp3) is 0.500. The number of nitrogens with one attached hydrogen (secondary N) is 2. The summed E-state index contributed by atoms with van der Waals surface area (Å²) in [6.07, 6.45) is 6.52. The van der Waals surface area contributed by atoms with Gasteiger partial charge in [-0.3, -0.25) is 9.78 Å². The zero-order valence-electron chi connectivity index (χ0n) is 8.85. The number of hydrogen-bond donors (Lipinski definition) is 2. The van der Waals surface area contributed by atoms with Crippen molar-refractivity contribution in [2.45, 2.75) is 18.9 Å². The van der Waals surface area contributed by atoms with Gasteiger partial charge in [-0.05, 0) is 25.9 Å². The van der Waals surface area contributed by atoms with E-state index in [2.05, 4.69) is 20.6 Å². The molecule has 0 aromatic carbocycles. The van der Waals surface area contributed by atoms with Gasteiger partial charge in [0.05, 0.1) is 6.20 Å². The van der Waals surface area contributed by atoms with Gasteiger partial charge in [0.2, 0.25) is 0 Å². The van der Waals surface area contributed by atoms with E-state index >= 15 is 0 Å². The zero-order chi connectivity index (χ0) is 10.5. The number of carbonyl (C=O) groups is 1. The topological polar surface area (TPSA) is 66.9 Å². The molecule has 0 spiro atoms. The minimum atomic E-state index is -0.130. The average molecular weight is 243 g/mol. The van der Waals surface area contributed by atoms with Crippen molar-refractivity contribution in [1.29, 1.82) is 0 Å². The third-order valence-corrected chi connectivity index (χ3v) is 2.47. The van der Waals surface area contributed by atoms with E-state index in [0.29, 0.717) is 5.69 Å². The number of hydrogen-bond acceptors (Lipinski definition) is 4. The standard InChI is InChI=1S/C10H14N4O.ClH/c15-10(9-7-12-5-6-13-9)14-8-1-3-11-4-2-8;/h5-8,11H,1-4H2,(H,14,15);1H. The van der Waals surface area contributed by atoms with Gasteiger partial charge >= 0.3 is 0 Å². The highest BCUT2D eigenvalue weighted by molar-refractivity contribution is 5.92. The number of carbonyl (C=O) groups excluding carboxylic acids is 1. The molecule has 16 heavy (non-hydrogen) atoms. The average Bonchev–Trinajstić information content (AvgIpc) is 2.31. The highest BCUT2D eigenvalue weighted by atomic mass is 35.5. The molecule has 0 radical (unpaired) electrons. The molecule has 0 saturated carbocycles. The van der Waals surface area contributed by atoms with Crippen molar-refractivity contribution in [3.63, 3.8) is 0 Å². The Balaban J connectivity index is 0.00000128. The van der Waals surface area contributed by atoms with Crippen LogP contribution in [0.3, 0.4) is 0 Å². The van der Waals surface area contributed by atoms with Crippen molar-refractivity contribution < 1.29 is 4.79 Å². The van der Waals surface area contributed by atoms with Crippen molar-refractivity contribution >= 4 is 18.3 Å². The number of amides is 1. The lowest BCUT2D eigenvalue weighted by Crippen LogP contribution is -2.42. The van der Waals surface area contributed by atoms with E-state index in [1.807, 2.05) is 0 Å². The Bertz CT molecular complexity index is 327. The van der Waals surface area contributed by atoms with Gasteiger partial charge in [0.25, 0.3) is 5.91 Å². The third-order valence-electron chi connectivity index (χ3n) is 2.47. The van der Waals surface area contributed by atoms with E-state index in [0.717, 1.165) is 25.9 Å². The van der Waals surface area contributed by atoms with Crippen LogP contribution in [0.1, 0.15) is 23.3 Å². The van der Waals surface area contributed by atoms with Crippen LogP contribution >= 0.6 is 12.4 Å². The molecule has 1 aromatic heterocycles. The predicted octanol–water partition coefficient (Wildman–Crippen LogP) is 0.380. The van der Waals surface area contributed by atoms with Crippen LogP contribution < -0.4 is 10.6 Å². The van der Waals surface area contributed by atoms with Gasteiger partial charge in [-0.2, -0.15) is 0 Å². The Labute approximate surface area is 100 Å². The first-order valence-corrected chi connectivity index (χ1v) is 5.14. The SMILES string of the molecule is Cl.O=C(NC1CCNCC1)c1cnccn1. The molecule has 0 unspecified atom stereocenters. The van der Waals surface area contributed by atoms with E-state index in [1.165, 1.54) is 12.4 Å². The molecule has 1 amide bonds. The van der Waals surface area contributed by atoms with Crippen LogP contribution in [0.25, 0.3) is 0 Å². The predicted molar refractivity (Wildman–Crippen MR) is 62.6 cm³/mol. The molecule has 1 saturated heterocycles. The van der Waals surface area contributed by atoms with E-state index < -0.39 is 0 Å². The molecule has 1 aliphatic heterocycles. The summed E-state index contributed by atoms with van der Waals surface area (Å²) in [6, 6.07) is 0.265. The largest absolute Gasteiger partial charge is 0.348 e. The summed E-state index contributed by atoms with van der Waals surface area (Å²) in [5, 5.41) is 6.20. The Morgan fingerprint density at radius 3 is 2.75 bits per heavy atom. The Morgan fingerprint density at radius 2 is 2.12 bits per heavy atom. The Morgan fingerprint density at radius 1 is 1.38 bits per heavy atom. The normalized spacial score (nSPS) is 16.2. The quantitative estimate of drug-likeness (QED) is 0.787. The Hall–Kier alpha value is -1.20. The molecule has 2 rings (SSSR count). The molecule has 6 heteroatoms. The third kappa shape index (κ3) is 3.43. The molecule has 1 aliphatic rings. The van der Waals surface area contributed by atoms with E-state index in [1.54, 1.807) is 6.20 Å². The van der Waals surface area contributed by atoms with Crippen LogP contribution in [0.15, 0.2) is 18.6 Å². The van der Waals surface area contributed by atoms with E-state index in [-0.39, 0.29) is 24.4 Å². The minimum Gasteiger partial charge on any atom is -0.348 e. The summed E-state index contributed by atoms with van der Waals surface area (Å²) >= 11 is 0. The fourth-order valence-electron chi connectivity index (χ4n) is 1.64. The molecule has 0 aliphatic carbocycles. The van der Waals surface area contributed by atoms with Crippen molar-refractivity contribution in [2.75, 3.05) is 13.1 Å². The first-order chi connectivity index (χ1) is 7.36. The minimum absolute atomic E-state index is 0. The van der Waals surface area contributed by atoms with Crippen LogP contribution in [0, 0.1) is 0 Å². The molecule has 1 aromatic rings. The highest BCUT2D eigenvalue weighted by Gasteiger charge is 2.16. The molecule has 88 valence electrons. The second-order valence-corrected chi connectivity index (χ2v) is 3.59. The first-order valence-electron chi connectivity index (χ1n) is 5.14. The van der Waals surface area contributed by atoms with Crippen molar-refractivity contribution in [3.05, 3.63) is 24.3 Å². The maximum absolute atomic E-state index is 11.7. The molecule has 1 fully saturated rings. The van der Waals surface area contributed by atoms with Gasteiger partial charge in [0.1, 0.15) is 5.69 Å². The summed E-state index contributed by atoms with van der Waals surface area (Å²) in [5.41, 5.74) is 0.385. The molecule has 0 atom stereocenters. The molecule has 2 heterocycles. The number of piperidine rings is 1. The van der Waals surface area contributed by atoms with Gasteiger partial charge in [-0.1, -0.05) is 0 Å². The van der Waals surface area contributed by atoms with Crippen molar-refractivity contribution in [1.82, 2.24) is 20.6 Å². The number of aromatic nitrogens is 2. The van der Waals surface area contributed by atoms with Gasteiger partial charge < -0.3 is 10.6 Å². The van der Waals surface area contributed by atoms with Gasteiger partial charge in [-0.25, -0.2) is 4.98 Å². The van der Waals surface area contributed by atoms with E-state index in [9.17, 15) is 4.79 Å². The second kappa shape index (κ2) is 6.40. The van der Waals surface area contributed by atoms with Crippen LogP contribution in [0.4, 0.5) is 0 Å². The smallest absolute Gasteiger partial charge is 0.271 e. The van der Waals surface area contributed by atoms with Crippen LogP contribution in [-0.4, -0.2) is 35.0 Å². The molecular formula is C10H15ClN4O. The van der Waals surface area contributed by atoms with Gasteiger partial charge in [-0.15, -0.1) is 12.4 Å². The van der Waals surface area contributed by atoms with Crippen molar-refractivity contribution in [2.24, 2.45) is 0 Å². The number of nitrogens with zero attached hydrogens (tertiary/aromatic N) is 2. The van der Waals surface area contributed by atoms with Crippen LogP contribution in [0.5, 0.6) is 0 Å². The fourth-order valence-corrected chi connectivity index (χ4v) is 1.64. The van der Waals surface area contributed by atoms with Crippen LogP contribution in [0.2, 0.25) is 0 Å². The molecule has 2 N–H and O–H groups in total. The van der Waals surface area contributed by atoms with Gasteiger partial charge in [0, 0.05) is 18.4 Å². The van der Waals surface area contributed by atoms with Crippen molar-refractivity contribution in [3.8, 4) is 0 Å². The second-order valence-electron chi connectivity index (χ2n) is 3.59. The monoisotopic (exact) mass is 242 g/mol. The summed E-state index contributed by atoms with van der Waals surface area (Å²) in [4.78, 5) is 19.5. The maximum atomic E-state index is 11.7. The van der Waals surface area contributed by atoms with E-state index in [4.69, 9.17) is 0 Å². The maximum Gasteiger partial charge on any atom is 0.271 e. The summed E-state index contributed by atoms with van der Waals surface area (Å²) < 4.78 is 0. The molecular weight excluding hydrogens is 228 g/mol. The summed E-state index contributed by atoms with van der Waals surface area (Å²) in [6.45, 7) is 1.93. The number of rotatable bonds is 2. The van der Waals surface area contributed by atoms with Crippen LogP contribution in [-0.2, 0) is 0 Å².